The van der Waals surface area contributed by atoms with Crippen molar-refractivity contribution in [3.63, 3.8) is 0 Å². The van der Waals surface area contributed by atoms with Gasteiger partial charge in [0, 0.05) is 32.7 Å². The van der Waals surface area contributed by atoms with Crippen LogP contribution in [0.3, 0.4) is 0 Å². The Morgan fingerprint density at radius 3 is 1.45 bits per heavy atom. The Balaban J connectivity index is 1.44. The lowest BCUT2D eigenvalue weighted by atomic mass is 10.1. The molecule has 0 radical (unpaired) electrons. The van der Waals surface area contributed by atoms with Crippen molar-refractivity contribution in [3.8, 4) is 0 Å². The summed E-state index contributed by atoms with van der Waals surface area (Å²) in [6.45, 7) is 0. The molecule has 26 heteroatoms. The zero-order valence-electron chi connectivity index (χ0n) is 26.8. The Labute approximate surface area is 314 Å². The lowest BCUT2D eigenvalue weighted by Crippen LogP contribution is -2.08. The average Bonchev–Trinajstić information content (AvgIpc) is 3.08. The number of nitrogens with zero attached hydrogens (tertiary/aromatic N) is 3. The molecule has 0 atom stereocenters. The molecule has 0 unspecified atom stereocenters. The Morgan fingerprint density at radius 1 is 0.509 bits per heavy atom. The first kappa shape index (κ1) is 39.6. The van der Waals surface area contributed by atoms with Crippen molar-refractivity contribution in [2.45, 2.75) is 24.5 Å². The lowest BCUT2D eigenvalue weighted by molar-refractivity contribution is -0.432. The molecule has 8 N–H and O–H groups in total. The fourth-order valence-corrected chi connectivity index (χ4v) is 8.26. The van der Waals surface area contributed by atoms with Crippen LogP contribution in [0, 0.1) is 0 Å². The van der Waals surface area contributed by atoms with E-state index in [1.165, 1.54) is 54.6 Å². The average molecular weight is 855 g/mol. The van der Waals surface area contributed by atoms with E-state index in [0.717, 1.165) is 24.3 Å². The predicted molar refractivity (Wildman–Crippen MR) is 194 cm³/mol. The van der Waals surface area contributed by atoms with Crippen molar-refractivity contribution < 1.29 is 66.5 Å². The second kappa shape index (κ2) is 14.9. The van der Waals surface area contributed by atoms with Gasteiger partial charge in [0.15, 0.2) is 0 Å². The molecule has 55 heavy (non-hydrogen) atoms. The highest BCUT2D eigenvalue weighted by molar-refractivity contribution is 7.94. The molecule has 21 nitrogen and oxygen atoms in total. The summed E-state index contributed by atoms with van der Waals surface area (Å²) in [7, 11) is -19.2. The maximum Gasteiger partial charge on any atom is 0.295 e. The van der Waals surface area contributed by atoms with E-state index in [1.54, 1.807) is 0 Å². The third-order valence-corrected chi connectivity index (χ3v) is 11.4. The van der Waals surface area contributed by atoms with Crippen LogP contribution in [0.25, 0.3) is 21.5 Å². The van der Waals surface area contributed by atoms with E-state index in [9.17, 15) is 51.9 Å². The van der Waals surface area contributed by atoms with E-state index in [-0.39, 0.29) is 61.3 Å². The summed E-state index contributed by atoms with van der Waals surface area (Å²) in [4.78, 5) is 10.4. The summed E-state index contributed by atoms with van der Waals surface area (Å²) < 4.78 is 139. The molecule has 1 heterocycles. The van der Waals surface area contributed by atoms with Gasteiger partial charge >= 0.3 is 0 Å². The number of aromatic nitrogens is 3. The van der Waals surface area contributed by atoms with Crippen LogP contribution in [-0.4, -0.2) is 72.1 Å². The van der Waals surface area contributed by atoms with Gasteiger partial charge < -0.3 is 16.0 Å². The fourth-order valence-electron chi connectivity index (χ4n) is 5.12. The monoisotopic (exact) mass is 854 g/mol. The zero-order valence-corrected chi connectivity index (χ0v) is 30.9. The van der Waals surface area contributed by atoms with E-state index >= 15 is 0 Å². The highest BCUT2D eigenvalue weighted by atomic mass is 32.2. The van der Waals surface area contributed by atoms with E-state index < -0.39 is 60.1 Å². The van der Waals surface area contributed by atoms with Crippen LogP contribution in [0.1, 0.15) is 0 Å². The first-order valence-corrected chi connectivity index (χ1v) is 21.1. The fraction of sp³-hybridized carbons (Fsp3) is 0. The molecule has 0 spiro atoms. The molecule has 0 saturated heterocycles. The first-order chi connectivity index (χ1) is 25.7. The van der Waals surface area contributed by atoms with Crippen molar-refractivity contribution in [1.82, 2.24) is 15.0 Å². The van der Waals surface area contributed by atoms with Crippen molar-refractivity contribution in [1.29, 1.82) is 0 Å². The minimum Gasteiger partial charge on any atom is -0.324 e. The maximum atomic E-state index is 12.1. The molecule has 0 aliphatic rings. The van der Waals surface area contributed by atoms with Gasteiger partial charge in [0.2, 0.25) is 17.8 Å². The lowest BCUT2D eigenvalue weighted by Gasteiger charge is -2.14. The second-order valence-electron chi connectivity index (χ2n) is 11.0. The van der Waals surface area contributed by atoms with E-state index in [0.29, 0.717) is 18.1 Å². The third-order valence-electron chi connectivity index (χ3n) is 7.33. The molecule has 0 bridgehead atoms. The van der Waals surface area contributed by atoms with Crippen LogP contribution in [-0.2, 0) is 49.8 Å². The van der Waals surface area contributed by atoms with Gasteiger partial charge in [0.25, 0.3) is 40.5 Å². The summed E-state index contributed by atoms with van der Waals surface area (Å²) in [5.41, 5.74) is 0.468. The van der Waals surface area contributed by atoms with Gasteiger partial charge in [-0.25, -0.2) is 5.26 Å². The minimum absolute atomic E-state index is 0.0607. The quantitative estimate of drug-likeness (QED) is 0.0334. The predicted octanol–water partition coefficient (Wildman–Crippen LogP) is 4.82. The highest BCUT2D eigenvalue weighted by Gasteiger charge is 2.22. The SMILES string of the molecule is O=S(=O)(O)c1cccc(Nc2nc(Nc3ccc4c(S(=O)(=O)O)cc(SOOO)cc4c3)nc(Nc3ccc4c(S(=O)(=O)O)cc(S(=O)(=O)O)cc4c3)n2)c1. The van der Waals surface area contributed by atoms with Gasteiger partial charge in [0.1, 0.15) is 9.79 Å². The zero-order chi connectivity index (χ0) is 39.9. The summed E-state index contributed by atoms with van der Waals surface area (Å²) >= 11 is 0.433. The number of nitrogens with one attached hydrogen (secondary N) is 3. The van der Waals surface area contributed by atoms with Crippen LogP contribution in [0.15, 0.2) is 109 Å². The van der Waals surface area contributed by atoms with Crippen LogP contribution >= 0.6 is 12.0 Å². The van der Waals surface area contributed by atoms with Crippen molar-refractivity contribution >= 4 is 109 Å². The third kappa shape index (κ3) is 9.41. The molecule has 0 aliphatic heterocycles. The molecular formula is C29H22N6O15S5. The normalized spacial score (nSPS) is 12.5. The van der Waals surface area contributed by atoms with Gasteiger partial charge in [0.05, 0.1) is 21.8 Å². The number of hydrogen-bond acceptors (Lipinski definition) is 18. The van der Waals surface area contributed by atoms with Crippen LogP contribution < -0.4 is 16.0 Å². The summed E-state index contributed by atoms with van der Waals surface area (Å²) in [6, 6.07) is 17.1. The standard InChI is InChI=1S/C29H22N6O15S5/c36-49-50-51-20-10-15-8-18(4-6-23(15)25(13-20)54(43,44)45)31-28-33-27(30-17-2-1-3-21(12-17)52(37,38)39)34-29(35-28)32-19-5-7-24-16(9-19)11-22(53(40,41)42)14-26(24)55(46,47)48/h1-14,36H,(H,37,38,39)(H,40,41,42)(H,43,44,45)(H,46,47,48)(H3,30,31,32,33,34,35). The number of rotatable bonds is 13. The van der Waals surface area contributed by atoms with Gasteiger partial charge in [-0.2, -0.15) is 48.6 Å². The Bertz CT molecular complexity index is 2970. The molecule has 0 saturated carbocycles. The van der Waals surface area contributed by atoms with Crippen LogP contribution in [0.5, 0.6) is 0 Å². The summed E-state index contributed by atoms with van der Waals surface area (Å²) in [5.74, 6) is -0.628. The Morgan fingerprint density at radius 2 is 0.982 bits per heavy atom. The van der Waals surface area contributed by atoms with Crippen LogP contribution in [0.2, 0.25) is 0 Å². The second-order valence-corrected chi connectivity index (χ2v) is 17.4. The Kier molecular flexibility index (Phi) is 10.7. The van der Waals surface area contributed by atoms with Crippen LogP contribution in [0.4, 0.5) is 34.9 Å². The first-order valence-electron chi connectivity index (χ1n) is 14.5. The van der Waals surface area contributed by atoms with Crippen molar-refractivity contribution in [2.24, 2.45) is 0 Å². The van der Waals surface area contributed by atoms with E-state index in [1.807, 2.05) is 0 Å². The van der Waals surface area contributed by atoms with E-state index in [2.05, 4.69) is 40.3 Å². The van der Waals surface area contributed by atoms with Crippen molar-refractivity contribution in [3.05, 3.63) is 84.9 Å². The molecule has 0 amide bonds. The Hall–Kier alpha value is -5.10. The largest absolute Gasteiger partial charge is 0.324 e. The molecule has 5 aromatic carbocycles. The minimum atomic E-state index is -4.96. The molecule has 6 aromatic rings. The number of benzene rings is 5. The topological polar surface area (TPSA) is 331 Å². The van der Waals surface area contributed by atoms with Gasteiger partial charge in [-0.05, 0) is 77.5 Å². The van der Waals surface area contributed by atoms with Gasteiger partial charge in [-0.15, -0.1) is 4.33 Å². The molecule has 288 valence electrons. The smallest absolute Gasteiger partial charge is 0.295 e. The molecule has 0 fully saturated rings. The molecular weight excluding hydrogens is 833 g/mol. The summed E-state index contributed by atoms with van der Waals surface area (Å²) in [5, 5.41) is 20.8. The van der Waals surface area contributed by atoms with Crippen molar-refractivity contribution in [2.75, 3.05) is 16.0 Å². The maximum absolute atomic E-state index is 12.1. The number of fused-ring (bicyclic) bond motifs is 2. The van der Waals surface area contributed by atoms with Gasteiger partial charge in [-0.3, -0.25) is 18.2 Å². The molecule has 1 aromatic heterocycles. The number of hydrogen-bond donors (Lipinski definition) is 8. The highest BCUT2D eigenvalue weighted by Crippen LogP contribution is 2.34. The molecule has 6 rings (SSSR count). The summed E-state index contributed by atoms with van der Waals surface area (Å²) in [6.07, 6.45) is 0. The number of anilines is 6. The van der Waals surface area contributed by atoms with E-state index in [4.69, 9.17) is 5.26 Å². The molecule has 0 aliphatic carbocycles. The van der Waals surface area contributed by atoms with Gasteiger partial charge in [-0.1, -0.05) is 23.2 Å².